The number of carbonyl (C=O) groups excluding carboxylic acids is 1. The second-order valence-corrected chi connectivity index (χ2v) is 6.34. The first-order chi connectivity index (χ1) is 11.7. The molecule has 1 saturated heterocycles. The Kier molecular flexibility index (Phi) is 5.59. The van der Waals surface area contributed by atoms with Gasteiger partial charge in [0, 0.05) is 56.3 Å². The van der Waals surface area contributed by atoms with Crippen LogP contribution in [0.2, 0.25) is 0 Å². The van der Waals surface area contributed by atoms with Gasteiger partial charge in [0.15, 0.2) is 0 Å². The lowest BCUT2D eigenvalue weighted by atomic mass is 9.96. The average molecular weight is 327 g/mol. The quantitative estimate of drug-likeness (QED) is 0.872. The van der Waals surface area contributed by atoms with Gasteiger partial charge in [0.1, 0.15) is 6.54 Å². The van der Waals surface area contributed by atoms with Crippen molar-refractivity contribution < 1.29 is 4.79 Å². The van der Waals surface area contributed by atoms with E-state index in [1.165, 1.54) is 6.42 Å². The van der Waals surface area contributed by atoms with Crippen molar-refractivity contribution in [1.82, 2.24) is 25.0 Å². The normalized spacial score (nSPS) is 17.6. The van der Waals surface area contributed by atoms with Crippen LogP contribution in [0.15, 0.2) is 36.7 Å². The van der Waals surface area contributed by atoms with Crippen LogP contribution in [0.1, 0.15) is 30.1 Å². The Morgan fingerprint density at radius 3 is 3.04 bits per heavy atom. The van der Waals surface area contributed by atoms with Crippen molar-refractivity contribution in [2.75, 3.05) is 26.7 Å². The second-order valence-electron chi connectivity index (χ2n) is 6.34. The van der Waals surface area contributed by atoms with Gasteiger partial charge in [-0.3, -0.25) is 14.5 Å². The molecule has 128 valence electrons. The van der Waals surface area contributed by atoms with Gasteiger partial charge < -0.3 is 10.2 Å². The molecule has 0 aliphatic carbocycles. The van der Waals surface area contributed by atoms with Crippen LogP contribution in [-0.4, -0.2) is 52.3 Å². The number of likely N-dealkylation sites (N-methyl/N-ethyl adjacent to an activating group) is 1. The Bertz CT molecular complexity index is 648. The average Bonchev–Trinajstić information content (AvgIpc) is 3.09. The van der Waals surface area contributed by atoms with E-state index in [-0.39, 0.29) is 5.91 Å². The molecule has 1 N–H and O–H groups in total. The number of hydrogen-bond acceptors (Lipinski definition) is 4. The fourth-order valence-corrected chi connectivity index (χ4v) is 3.13. The zero-order chi connectivity index (χ0) is 16.8. The molecule has 0 aromatic carbocycles. The van der Waals surface area contributed by atoms with Crippen LogP contribution < -0.4 is 5.32 Å². The fraction of sp³-hybridized carbons (Fsp3) is 0.500. The fourth-order valence-electron chi connectivity index (χ4n) is 3.13. The summed E-state index contributed by atoms with van der Waals surface area (Å²) in [7, 11) is 1.84. The Morgan fingerprint density at radius 1 is 1.38 bits per heavy atom. The van der Waals surface area contributed by atoms with Crippen molar-refractivity contribution in [3.63, 3.8) is 0 Å². The molecule has 6 heteroatoms. The Labute approximate surface area is 142 Å². The minimum atomic E-state index is 0.0830. The minimum Gasteiger partial charge on any atom is -0.344 e. The van der Waals surface area contributed by atoms with Crippen molar-refractivity contribution in [3.05, 3.63) is 48.0 Å². The molecule has 0 spiro atoms. The zero-order valence-corrected chi connectivity index (χ0v) is 14.2. The highest BCUT2D eigenvalue weighted by Gasteiger charge is 2.20. The third-order valence-corrected chi connectivity index (χ3v) is 4.60. The highest BCUT2D eigenvalue weighted by atomic mass is 16.2. The topological polar surface area (TPSA) is 63.1 Å². The maximum Gasteiger partial charge on any atom is 0.244 e. The van der Waals surface area contributed by atoms with Gasteiger partial charge in [0.2, 0.25) is 5.91 Å². The van der Waals surface area contributed by atoms with Gasteiger partial charge in [-0.25, -0.2) is 0 Å². The number of hydrogen-bond donors (Lipinski definition) is 1. The molecular formula is C18H25N5O. The molecule has 1 atom stereocenters. The van der Waals surface area contributed by atoms with Gasteiger partial charge in [-0.1, -0.05) is 6.07 Å². The summed E-state index contributed by atoms with van der Waals surface area (Å²) in [5, 5.41) is 7.78. The van der Waals surface area contributed by atoms with Crippen LogP contribution in [0.3, 0.4) is 0 Å². The first-order valence-electron chi connectivity index (χ1n) is 8.60. The molecule has 1 fully saturated rings. The molecule has 2 aromatic heterocycles. The molecule has 0 saturated carbocycles. The summed E-state index contributed by atoms with van der Waals surface area (Å²) in [6.07, 6.45) is 6.67. The summed E-state index contributed by atoms with van der Waals surface area (Å²) in [6.45, 7) is 3.02. The van der Waals surface area contributed by atoms with Crippen molar-refractivity contribution in [3.8, 4) is 0 Å². The largest absolute Gasteiger partial charge is 0.344 e. The van der Waals surface area contributed by atoms with E-state index in [0.717, 1.165) is 37.3 Å². The molecule has 1 unspecified atom stereocenters. The lowest BCUT2D eigenvalue weighted by Crippen LogP contribution is -2.34. The second kappa shape index (κ2) is 8.06. The van der Waals surface area contributed by atoms with Crippen molar-refractivity contribution >= 4 is 5.91 Å². The number of aromatic nitrogens is 3. The lowest BCUT2D eigenvalue weighted by molar-refractivity contribution is -0.130. The summed E-state index contributed by atoms with van der Waals surface area (Å²) in [6, 6.07) is 7.90. The SMILES string of the molecule is CN(CCc1ccccn1)C(=O)Cn1nccc1C1CCCNC1. The molecule has 24 heavy (non-hydrogen) atoms. The van der Waals surface area contributed by atoms with Crippen LogP contribution >= 0.6 is 0 Å². The van der Waals surface area contributed by atoms with E-state index in [4.69, 9.17) is 0 Å². The number of rotatable bonds is 6. The van der Waals surface area contributed by atoms with Gasteiger partial charge in [-0.05, 0) is 37.6 Å². The molecule has 0 radical (unpaired) electrons. The zero-order valence-electron chi connectivity index (χ0n) is 14.2. The van der Waals surface area contributed by atoms with Crippen LogP contribution in [0.5, 0.6) is 0 Å². The van der Waals surface area contributed by atoms with Gasteiger partial charge >= 0.3 is 0 Å². The highest BCUT2D eigenvalue weighted by Crippen LogP contribution is 2.22. The van der Waals surface area contributed by atoms with Crippen molar-refractivity contribution in [2.45, 2.75) is 31.7 Å². The van der Waals surface area contributed by atoms with Gasteiger partial charge in [-0.2, -0.15) is 5.10 Å². The monoisotopic (exact) mass is 327 g/mol. The number of pyridine rings is 1. The standard InChI is InChI=1S/C18H25N5O/c1-22(12-8-16-6-2-3-10-20-16)18(24)14-23-17(7-11-21-23)15-5-4-9-19-13-15/h2-3,6-7,10-11,15,19H,4-5,8-9,12-14H2,1H3. The van der Waals surface area contributed by atoms with Crippen LogP contribution in [0, 0.1) is 0 Å². The molecule has 6 nitrogen and oxygen atoms in total. The maximum absolute atomic E-state index is 12.5. The molecular weight excluding hydrogens is 302 g/mol. The first-order valence-corrected chi connectivity index (χ1v) is 8.60. The van der Waals surface area contributed by atoms with E-state index >= 15 is 0 Å². The first kappa shape index (κ1) is 16.6. The van der Waals surface area contributed by atoms with Gasteiger partial charge in [0.25, 0.3) is 0 Å². The van der Waals surface area contributed by atoms with E-state index < -0.39 is 0 Å². The van der Waals surface area contributed by atoms with E-state index in [9.17, 15) is 4.79 Å². The van der Waals surface area contributed by atoms with Crippen molar-refractivity contribution in [1.29, 1.82) is 0 Å². The number of piperidine rings is 1. The molecule has 2 aromatic rings. The number of nitrogens with zero attached hydrogens (tertiary/aromatic N) is 4. The molecule has 3 heterocycles. The van der Waals surface area contributed by atoms with Crippen LogP contribution in [-0.2, 0) is 17.8 Å². The Morgan fingerprint density at radius 2 is 2.29 bits per heavy atom. The van der Waals surface area contributed by atoms with Crippen LogP contribution in [0.25, 0.3) is 0 Å². The summed E-state index contributed by atoms with van der Waals surface area (Å²) >= 11 is 0. The summed E-state index contributed by atoms with van der Waals surface area (Å²) in [4.78, 5) is 18.6. The molecule has 0 bridgehead atoms. The molecule has 3 rings (SSSR count). The summed E-state index contributed by atoms with van der Waals surface area (Å²) < 4.78 is 1.86. The van der Waals surface area contributed by atoms with E-state index in [1.807, 2.05) is 36.0 Å². The molecule has 1 aliphatic rings. The van der Waals surface area contributed by atoms with E-state index in [0.29, 0.717) is 19.0 Å². The number of amides is 1. The lowest BCUT2D eigenvalue weighted by Gasteiger charge is -2.24. The maximum atomic E-state index is 12.5. The number of nitrogens with one attached hydrogen (secondary N) is 1. The molecule has 1 amide bonds. The Balaban J connectivity index is 1.55. The summed E-state index contributed by atoms with van der Waals surface area (Å²) in [5.74, 6) is 0.535. The van der Waals surface area contributed by atoms with Crippen LogP contribution in [0.4, 0.5) is 0 Å². The van der Waals surface area contributed by atoms with Gasteiger partial charge in [0.05, 0.1) is 0 Å². The third-order valence-electron chi connectivity index (χ3n) is 4.60. The smallest absolute Gasteiger partial charge is 0.244 e. The van der Waals surface area contributed by atoms with E-state index in [2.05, 4.69) is 15.4 Å². The highest BCUT2D eigenvalue weighted by molar-refractivity contribution is 5.75. The predicted octanol–water partition coefficient (Wildman–Crippen LogP) is 1.45. The molecule has 1 aliphatic heterocycles. The van der Waals surface area contributed by atoms with E-state index in [1.54, 1.807) is 17.3 Å². The Hall–Kier alpha value is -2.21. The predicted molar refractivity (Wildman–Crippen MR) is 92.6 cm³/mol. The van der Waals surface area contributed by atoms with Gasteiger partial charge in [-0.15, -0.1) is 0 Å². The van der Waals surface area contributed by atoms with Crippen molar-refractivity contribution in [2.24, 2.45) is 0 Å². The summed E-state index contributed by atoms with van der Waals surface area (Å²) in [5.41, 5.74) is 2.17. The third kappa shape index (κ3) is 4.20. The minimum absolute atomic E-state index is 0.0830. The number of carbonyl (C=O) groups is 1.